The molecule has 0 aromatic rings. The van der Waals surface area contributed by atoms with E-state index in [0.29, 0.717) is 6.04 Å². The van der Waals surface area contributed by atoms with Crippen LogP contribution in [-0.2, 0) is 4.74 Å². The summed E-state index contributed by atoms with van der Waals surface area (Å²) in [4.78, 5) is 2.72. The Kier molecular flexibility index (Phi) is 4.42. The summed E-state index contributed by atoms with van der Waals surface area (Å²) in [7, 11) is 2.05. The highest BCUT2D eigenvalue weighted by molar-refractivity contribution is 4.85. The summed E-state index contributed by atoms with van der Waals surface area (Å²) in [5.41, 5.74) is 0. The van der Waals surface area contributed by atoms with Crippen molar-refractivity contribution in [2.45, 2.75) is 44.2 Å². The zero-order valence-corrected chi connectivity index (χ0v) is 9.87. The molecule has 2 heterocycles. The van der Waals surface area contributed by atoms with Gasteiger partial charge in [0.1, 0.15) is 0 Å². The van der Waals surface area contributed by atoms with Crippen molar-refractivity contribution in [1.82, 2.24) is 10.2 Å². The van der Waals surface area contributed by atoms with Crippen molar-refractivity contribution in [3.05, 3.63) is 0 Å². The van der Waals surface area contributed by atoms with Crippen molar-refractivity contribution >= 4 is 0 Å². The van der Waals surface area contributed by atoms with Gasteiger partial charge in [-0.1, -0.05) is 6.42 Å². The largest absolute Gasteiger partial charge is 0.380 e. The van der Waals surface area contributed by atoms with Gasteiger partial charge in [-0.05, 0) is 45.8 Å². The first-order chi connectivity index (χ1) is 7.42. The number of ether oxygens (including phenoxy) is 1. The number of hydrogen-bond acceptors (Lipinski definition) is 3. The van der Waals surface area contributed by atoms with Gasteiger partial charge in [0, 0.05) is 18.7 Å². The predicted octanol–water partition coefficient (Wildman–Crippen LogP) is 1.24. The number of piperidine rings is 1. The molecule has 0 bridgehead atoms. The van der Waals surface area contributed by atoms with E-state index >= 15 is 0 Å². The second-order valence-electron chi connectivity index (χ2n) is 4.80. The third kappa shape index (κ3) is 2.92. The first-order valence-corrected chi connectivity index (χ1v) is 6.40. The van der Waals surface area contributed by atoms with E-state index in [4.69, 9.17) is 4.74 Å². The lowest BCUT2D eigenvalue weighted by Crippen LogP contribution is -2.47. The van der Waals surface area contributed by atoms with Crippen molar-refractivity contribution < 1.29 is 4.74 Å². The molecule has 2 aliphatic rings. The highest BCUT2D eigenvalue weighted by Crippen LogP contribution is 2.25. The van der Waals surface area contributed by atoms with Crippen molar-refractivity contribution in [2.24, 2.45) is 0 Å². The Hall–Kier alpha value is -0.120. The van der Waals surface area contributed by atoms with E-state index in [9.17, 15) is 0 Å². The monoisotopic (exact) mass is 212 g/mol. The maximum atomic E-state index is 5.51. The Labute approximate surface area is 93.2 Å². The molecular weight excluding hydrogens is 188 g/mol. The van der Waals surface area contributed by atoms with Crippen LogP contribution in [0.2, 0.25) is 0 Å². The highest BCUT2D eigenvalue weighted by Gasteiger charge is 2.30. The lowest BCUT2D eigenvalue weighted by atomic mass is 9.97. The smallest absolute Gasteiger partial charge is 0.0622 e. The summed E-state index contributed by atoms with van der Waals surface area (Å²) in [6.07, 6.45) is 6.73. The SMILES string of the molecule is CNCCC1CCCCN1C1CCOC1. The minimum atomic E-state index is 0.715. The van der Waals surface area contributed by atoms with Crippen LogP contribution in [0.1, 0.15) is 32.1 Å². The van der Waals surface area contributed by atoms with E-state index < -0.39 is 0 Å². The molecule has 0 spiro atoms. The molecule has 0 radical (unpaired) electrons. The fourth-order valence-corrected chi connectivity index (χ4v) is 2.91. The Morgan fingerprint density at radius 1 is 1.33 bits per heavy atom. The van der Waals surface area contributed by atoms with Crippen LogP contribution < -0.4 is 5.32 Å². The molecule has 3 nitrogen and oxygen atoms in total. The predicted molar refractivity (Wildman–Crippen MR) is 62.1 cm³/mol. The van der Waals surface area contributed by atoms with Crippen LogP contribution in [0.3, 0.4) is 0 Å². The Bertz CT molecular complexity index is 180. The summed E-state index contributed by atoms with van der Waals surface area (Å²) in [5, 5.41) is 3.27. The van der Waals surface area contributed by atoms with Gasteiger partial charge in [0.05, 0.1) is 6.61 Å². The van der Waals surface area contributed by atoms with Gasteiger partial charge in [0.15, 0.2) is 0 Å². The van der Waals surface area contributed by atoms with E-state index in [1.54, 1.807) is 0 Å². The minimum absolute atomic E-state index is 0.715. The van der Waals surface area contributed by atoms with E-state index in [1.165, 1.54) is 38.6 Å². The highest BCUT2D eigenvalue weighted by atomic mass is 16.5. The second kappa shape index (κ2) is 5.83. The summed E-state index contributed by atoms with van der Waals surface area (Å²) in [6.45, 7) is 4.38. The van der Waals surface area contributed by atoms with Crippen molar-refractivity contribution in [3.63, 3.8) is 0 Å². The quantitative estimate of drug-likeness (QED) is 0.759. The molecule has 2 atom stereocenters. The third-order valence-electron chi connectivity index (χ3n) is 3.77. The molecule has 1 N–H and O–H groups in total. The molecule has 0 aromatic heterocycles. The zero-order valence-electron chi connectivity index (χ0n) is 9.87. The van der Waals surface area contributed by atoms with Gasteiger partial charge in [-0.2, -0.15) is 0 Å². The molecule has 88 valence electrons. The fraction of sp³-hybridized carbons (Fsp3) is 1.00. The second-order valence-corrected chi connectivity index (χ2v) is 4.80. The molecule has 3 heteroatoms. The molecule has 2 fully saturated rings. The van der Waals surface area contributed by atoms with E-state index in [1.807, 2.05) is 7.05 Å². The normalized spacial score (nSPS) is 33.4. The zero-order chi connectivity index (χ0) is 10.5. The summed E-state index contributed by atoms with van der Waals surface area (Å²) in [5.74, 6) is 0. The standard InChI is InChI=1S/C12H24N2O/c1-13-7-5-11-4-2-3-8-14(11)12-6-9-15-10-12/h11-13H,2-10H2,1H3. The summed E-state index contributed by atoms with van der Waals surface area (Å²) >= 11 is 0. The number of rotatable bonds is 4. The average Bonchev–Trinajstić information content (AvgIpc) is 2.80. The lowest BCUT2D eigenvalue weighted by molar-refractivity contribution is 0.0762. The van der Waals surface area contributed by atoms with Crippen molar-refractivity contribution in [3.8, 4) is 0 Å². The number of nitrogens with one attached hydrogen (secondary N) is 1. The summed E-state index contributed by atoms with van der Waals surface area (Å²) < 4.78 is 5.51. The van der Waals surface area contributed by atoms with Crippen LogP contribution in [0, 0.1) is 0 Å². The first kappa shape index (κ1) is 11.4. The van der Waals surface area contributed by atoms with Crippen molar-refractivity contribution in [1.29, 1.82) is 0 Å². The minimum Gasteiger partial charge on any atom is -0.380 e. The molecular formula is C12H24N2O. The van der Waals surface area contributed by atoms with Crippen LogP contribution in [0.5, 0.6) is 0 Å². The van der Waals surface area contributed by atoms with Crippen LogP contribution in [0.25, 0.3) is 0 Å². The van der Waals surface area contributed by atoms with Crippen molar-refractivity contribution in [2.75, 3.05) is 33.4 Å². The Balaban J connectivity index is 1.86. The summed E-state index contributed by atoms with van der Waals surface area (Å²) in [6, 6.07) is 1.52. The number of hydrogen-bond donors (Lipinski definition) is 1. The van der Waals surface area contributed by atoms with E-state index in [0.717, 1.165) is 25.8 Å². The number of likely N-dealkylation sites (tertiary alicyclic amines) is 1. The number of nitrogens with zero attached hydrogens (tertiary/aromatic N) is 1. The van der Waals surface area contributed by atoms with Gasteiger partial charge in [0.25, 0.3) is 0 Å². The van der Waals surface area contributed by atoms with Gasteiger partial charge in [-0.3, -0.25) is 4.90 Å². The van der Waals surface area contributed by atoms with E-state index in [-0.39, 0.29) is 0 Å². The van der Waals surface area contributed by atoms with Gasteiger partial charge in [-0.25, -0.2) is 0 Å². The molecule has 0 aliphatic carbocycles. The molecule has 2 saturated heterocycles. The lowest BCUT2D eigenvalue weighted by Gasteiger charge is -2.39. The molecule has 2 rings (SSSR count). The molecule has 0 saturated carbocycles. The average molecular weight is 212 g/mol. The van der Waals surface area contributed by atoms with Crippen LogP contribution in [-0.4, -0.2) is 50.3 Å². The van der Waals surface area contributed by atoms with Gasteiger partial charge < -0.3 is 10.1 Å². The molecule has 2 unspecified atom stereocenters. The topological polar surface area (TPSA) is 24.5 Å². The van der Waals surface area contributed by atoms with Gasteiger partial charge in [0.2, 0.25) is 0 Å². The molecule has 2 aliphatic heterocycles. The maximum Gasteiger partial charge on any atom is 0.0622 e. The first-order valence-electron chi connectivity index (χ1n) is 6.40. The van der Waals surface area contributed by atoms with Gasteiger partial charge in [-0.15, -0.1) is 0 Å². The van der Waals surface area contributed by atoms with Crippen LogP contribution in [0.4, 0.5) is 0 Å². The molecule has 15 heavy (non-hydrogen) atoms. The van der Waals surface area contributed by atoms with E-state index in [2.05, 4.69) is 10.2 Å². The van der Waals surface area contributed by atoms with Crippen LogP contribution in [0.15, 0.2) is 0 Å². The Morgan fingerprint density at radius 3 is 3.00 bits per heavy atom. The fourth-order valence-electron chi connectivity index (χ4n) is 2.91. The third-order valence-corrected chi connectivity index (χ3v) is 3.77. The van der Waals surface area contributed by atoms with Gasteiger partial charge >= 0.3 is 0 Å². The van der Waals surface area contributed by atoms with Crippen LogP contribution >= 0.6 is 0 Å². The molecule has 0 aromatic carbocycles. The Morgan fingerprint density at radius 2 is 2.27 bits per heavy atom. The molecule has 0 amide bonds. The maximum absolute atomic E-state index is 5.51.